The molecule has 8 nitrogen and oxygen atoms in total. The lowest BCUT2D eigenvalue weighted by Gasteiger charge is -2.03. The molecule has 0 aliphatic carbocycles. The zero-order chi connectivity index (χ0) is 19.9. The number of carbonyl (C=O) groups is 2. The van der Waals surface area contributed by atoms with Crippen molar-refractivity contribution in [3.63, 3.8) is 0 Å². The number of carbonyl (C=O) groups excluding carboxylic acids is 2. The summed E-state index contributed by atoms with van der Waals surface area (Å²) in [4.78, 5) is 24.2. The number of phenols is 1. The van der Waals surface area contributed by atoms with E-state index in [4.69, 9.17) is 0 Å². The van der Waals surface area contributed by atoms with Gasteiger partial charge in [-0.2, -0.15) is 5.10 Å². The van der Waals surface area contributed by atoms with E-state index >= 15 is 0 Å². The van der Waals surface area contributed by atoms with Gasteiger partial charge in [0, 0.05) is 5.56 Å². The van der Waals surface area contributed by atoms with Gasteiger partial charge in [0.2, 0.25) is 11.0 Å². The molecule has 0 aliphatic rings. The summed E-state index contributed by atoms with van der Waals surface area (Å²) in [6.45, 7) is 1.85. The van der Waals surface area contributed by atoms with Gasteiger partial charge in [0.05, 0.1) is 12.6 Å². The van der Waals surface area contributed by atoms with Crippen LogP contribution in [0, 0.1) is 6.92 Å². The van der Waals surface area contributed by atoms with E-state index in [0.717, 1.165) is 22.5 Å². The molecule has 0 spiro atoms. The van der Waals surface area contributed by atoms with Crippen LogP contribution in [0.4, 0.5) is 5.13 Å². The number of benzene rings is 2. The van der Waals surface area contributed by atoms with Gasteiger partial charge in [-0.25, -0.2) is 5.43 Å². The summed E-state index contributed by atoms with van der Waals surface area (Å²) in [7, 11) is 0. The molecule has 0 radical (unpaired) electrons. The Bertz CT molecular complexity index is 1010. The number of aryl methyl sites for hydroxylation is 1. The van der Waals surface area contributed by atoms with Crippen molar-refractivity contribution in [1.29, 1.82) is 0 Å². The summed E-state index contributed by atoms with van der Waals surface area (Å²) in [5.41, 5.74) is 4.54. The van der Waals surface area contributed by atoms with Crippen LogP contribution < -0.4 is 10.7 Å². The van der Waals surface area contributed by atoms with Gasteiger partial charge in [0.1, 0.15) is 10.8 Å². The minimum atomic E-state index is -0.358. The van der Waals surface area contributed by atoms with Gasteiger partial charge in [-0.3, -0.25) is 14.9 Å². The number of aromatic nitrogens is 2. The van der Waals surface area contributed by atoms with Gasteiger partial charge in [0.25, 0.3) is 5.91 Å². The molecular formula is C19H17N5O3S. The molecule has 0 fully saturated rings. The Morgan fingerprint density at radius 1 is 1.14 bits per heavy atom. The highest BCUT2D eigenvalue weighted by molar-refractivity contribution is 7.15. The van der Waals surface area contributed by atoms with Crippen molar-refractivity contribution in [2.75, 3.05) is 5.32 Å². The lowest BCUT2D eigenvalue weighted by molar-refractivity contribution is -0.120. The van der Waals surface area contributed by atoms with E-state index in [2.05, 4.69) is 26.0 Å². The standard InChI is InChI=1S/C19H17N5O3S/c1-12-4-2-3-5-15(12)18(27)21-19-24-23-17(28-19)10-16(26)22-20-11-13-6-8-14(25)9-7-13/h2-9,11,25H,10H2,1H3,(H,22,26)(H,21,24,27). The van der Waals surface area contributed by atoms with E-state index in [1.165, 1.54) is 18.3 Å². The predicted octanol–water partition coefficient (Wildman–Crippen LogP) is 2.50. The molecule has 2 amide bonds. The highest BCUT2D eigenvalue weighted by Gasteiger charge is 2.13. The first-order valence-electron chi connectivity index (χ1n) is 8.31. The maximum Gasteiger partial charge on any atom is 0.257 e. The fraction of sp³-hybridized carbons (Fsp3) is 0.105. The smallest absolute Gasteiger partial charge is 0.257 e. The first-order valence-corrected chi connectivity index (χ1v) is 9.13. The average Bonchev–Trinajstić information content (AvgIpc) is 3.10. The quantitative estimate of drug-likeness (QED) is 0.438. The summed E-state index contributed by atoms with van der Waals surface area (Å²) in [5.74, 6) is -0.477. The fourth-order valence-electron chi connectivity index (χ4n) is 2.28. The predicted molar refractivity (Wildman–Crippen MR) is 107 cm³/mol. The Morgan fingerprint density at radius 2 is 1.89 bits per heavy atom. The van der Waals surface area contributed by atoms with E-state index < -0.39 is 0 Å². The Morgan fingerprint density at radius 3 is 2.64 bits per heavy atom. The van der Waals surface area contributed by atoms with Crippen LogP contribution in [-0.2, 0) is 11.2 Å². The summed E-state index contributed by atoms with van der Waals surface area (Å²) < 4.78 is 0. The number of hydrazone groups is 1. The molecule has 9 heteroatoms. The van der Waals surface area contributed by atoms with E-state index in [-0.39, 0.29) is 24.0 Å². The molecule has 0 aliphatic heterocycles. The van der Waals surface area contributed by atoms with Crippen LogP contribution in [0.15, 0.2) is 53.6 Å². The molecule has 28 heavy (non-hydrogen) atoms. The third kappa shape index (κ3) is 5.21. The maximum atomic E-state index is 12.3. The zero-order valence-electron chi connectivity index (χ0n) is 14.9. The number of nitrogens with zero attached hydrogens (tertiary/aromatic N) is 3. The normalized spacial score (nSPS) is 10.8. The second kappa shape index (κ2) is 8.87. The minimum absolute atomic E-state index is 0.00911. The van der Waals surface area contributed by atoms with Gasteiger partial charge in [-0.1, -0.05) is 29.5 Å². The monoisotopic (exact) mass is 395 g/mol. The Labute approximate surface area is 165 Å². The molecule has 1 heterocycles. The molecule has 3 rings (SSSR count). The molecule has 142 valence electrons. The number of aromatic hydroxyl groups is 1. The number of hydrogen-bond acceptors (Lipinski definition) is 7. The highest BCUT2D eigenvalue weighted by Crippen LogP contribution is 2.17. The molecular weight excluding hydrogens is 378 g/mol. The number of phenolic OH excluding ortho intramolecular Hbond substituents is 1. The van der Waals surface area contributed by atoms with Gasteiger partial charge in [-0.05, 0) is 48.4 Å². The van der Waals surface area contributed by atoms with Gasteiger partial charge >= 0.3 is 0 Å². The van der Waals surface area contributed by atoms with Gasteiger partial charge in [0.15, 0.2) is 0 Å². The van der Waals surface area contributed by atoms with Crippen LogP contribution in [0.2, 0.25) is 0 Å². The maximum absolute atomic E-state index is 12.3. The largest absolute Gasteiger partial charge is 0.508 e. The van der Waals surface area contributed by atoms with Crippen molar-refractivity contribution in [3.8, 4) is 5.75 Å². The Hall–Kier alpha value is -3.59. The summed E-state index contributed by atoms with van der Waals surface area (Å²) >= 11 is 1.13. The topological polar surface area (TPSA) is 117 Å². The molecule has 0 unspecified atom stereocenters. The zero-order valence-corrected chi connectivity index (χ0v) is 15.7. The van der Waals surface area contributed by atoms with Crippen LogP contribution in [0.3, 0.4) is 0 Å². The molecule has 0 saturated heterocycles. The fourth-order valence-corrected chi connectivity index (χ4v) is 3.02. The van der Waals surface area contributed by atoms with Crippen LogP contribution >= 0.6 is 11.3 Å². The minimum Gasteiger partial charge on any atom is -0.508 e. The average molecular weight is 395 g/mol. The second-order valence-electron chi connectivity index (χ2n) is 5.83. The number of anilines is 1. The van der Waals surface area contributed by atoms with Crippen molar-refractivity contribution in [2.45, 2.75) is 13.3 Å². The van der Waals surface area contributed by atoms with Crippen molar-refractivity contribution in [3.05, 3.63) is 70.2 Å². The molecule has 3 aromatic rings. The van der Waals surface area contributed by atoms with Crippen molar-refractivity contribution in [2.24, 2.45) is 5.10 Å². The second-order valence-corrected chi connectivity index (χ2v) is 6.89. The van der Waals surface area contributed by atoms with E-state index in [1.807, 2.05) is 19.1 Å². The van der Waals surface area contributed by atoms with Gasteiger partial charge < -0.3 is 5.11 Å². The molecule has 0 bridgehead atoms. The highest BCUT2D eigenvalue weighted by atomic mass is 32.1. The van der Waals surface area contributed by atoms with Gasteiger partial charge in [-0.15, -0.1) is 10.2 Å². The lowest BCUT2D eigenvalue weighted by Crippen LogP contribution is -2.19. The Balaban J connectivity index is 1.52. The van der Waals surface area contributed by atoms with E-state index in [0.29, 0.717) is 15.7 Å². The third-order valence-corrected chi connectivity index (χ3v) is 4.52. The number of nitrogens with one attached hydrogen (secondary N) is 2. The van der Waals surface area contributed by atoms with Crippen molar-refractivity contribution < 1.29 is 14.7 Å². The first-order chi connectivity index (χ1) is 13.5. The molecule has 1 aromatic heterocycles. The van der Waals surface area contributed by atoms with Crippen molar-refractivity contribution in [1.82, 2.24) is 15.6 Å². The number of hydrogen-bond donors (Lipinski definition) is 3. The summed E-state index contributed by atoms with van der Waals surface area (Å²) in [6, 6.07) is 13.6. The van der Waals surface area contributed by atoms with Crippen LogP contribution in [-0.4, -0.2) is 33.3 Å². The first kappa shape index (κ1) is 19.2. The van der Waals surface area contributed by atoms with E-state index in [1.54, 1.807) is 24.3 Å². The van der Waals surface area contributed by atoms with E-state index in [9.17, 15) is 14.7 Å². The third-order valence-electron chi connectivity index (χ3n) is 3.68. The molecule has 0 saturated carbocycles. The molecule has 0 atom stereocenters. The molecule has 2 aromatic carbocycles. The SMILES string of the molecule is Cc1ccccc1C(=O)Nc1nnc(CC(=O)NN=Cc2ccc(O)cc2)s1. The summed E-state index contributed by atoms with van der Waals surface area (Å²) in [6.07, 6.45) is 1.45. The van der Waals surface area contributed by atoms with Crippen LogP contribution in [0.1, 0.15) is 26.5 Å². The number of amides is 2. The van der Waals surface area contributed by atoms with Crippen molar-refractivity contribution >= 4 is 34.5 Å². The Kier molecular flexibility index (Phi) is 6.07. The summed E-state index contributed by atoms with van der Waals surface area (Å²) in [5, 5.41) is 24.3. The van der Waals surface area contributed by atoms with Crippen LogP contribution in [0.25, 0.3) is 0 Å². The van der Waals surface area contributed by atoms with Crippen LogP contribution in [0.5, 0.6) is 5.75 Å². The molecule has 3 N–H and O–H groups in total. The lowest BCUT2D eigenvalue weighted by atomic mass is 10.1. The number of rotatable bonds is 6.